The summed E-state index contributed by atoms with van der Waals surface area (Å²) in [7, 11) is 4.71. The van der Waals surface area contributed by atoms with Crippen molar-refractivity contribution < 1.29 is 23.7 Å². The van der Waals surface area contributed by atoms with Crippen molar-refractivity contribution in [2.24, 2.45) is 0 Å². The summed E-state index contributed by atoms with van der Waals surface area (Å²) in [5.74, 6) is 2.14. The van der Waals surface area contributed by atoms with Gasteiger partial charge in [0.1, 0.15) is 0 Å². The molecule has 1 amide bonds. The summed E-state index contributed by atoms with van der Waals surface area (Å²) >= 11 is 0. The molecule has 134 valence electrons. The summed E-state index contributed by atoms with van der Waals surface area (Å²) in [6.07, 6.45) is 0. The number of carbonyl (C=O) groups excluding carboxylic acids is 1. The highest BCUT2D eigenvalue weighted by Crippen LogP contribution is 2.30. The second kappa shape index (κ2) is 8.82. The molecule has 6 nitrogen and oxygen atoms in total. The Hall–Kier alpha value is -2.89. The zero-order chi connectivity index (χ0) is 18.2. The molecule has 0 aliphatic heterocycles. The van der Waals surface area contributed by atoms with E-state index in [-0.39, 0.29) is 18.6 Å². The normalized spacial score (nSPS) is 11.4. The first kappa shape index (κ1) is 18.4. The zero-order valence-electron chi connectivity index (χ0n) is 14.9. The Morgan fingerprint density at radius 3 is 2.16 bits per heavy atom. The minimum absolute atomic E-state index is 0.0992. The zero-order valence-corrected chi connectivity index (χ0v) is 14.9. The van der Waals surface area contributed by atoms with Crippen molar-refractivity contribution >= 4 is 5.91 Å². The summed E-state index contributed by atoms with van der Waals surface area (Å²) in [5, 5.41) is 2.89. The molecule has 0 aliphatic rings. The smallest absolute Gasteiger partial charge is 0.258 e. The first-order chi connectivity index (χ1) is 12.1. The number of amides is 1. The maximum atomic E-state index is 12.1. The number of carbonyl (C=O) groups is 1. The van der Waals surface area contributed by atoms with Gasteiger partial charge in [0.15, 0.2) is 29.6 Å². The van der Waals surface area contributed by atoms with Crippen LogP contribution in [-0.2, 0) is 4.79 Å². The van der Waals surface area contributed by atoms with E-state index in [1.807, 2.05) is 37.3 Å². The average Bonchev–Trinajstić information content (AvgIpc) is 2.65. The molecule has 25 heavy (non-hydrogen) atoms. The van der Waals surface area contributed by atoms with E-state index in [9.17, 15) is 4.79 Å². The molecule has 2 rings (SSSR count). The topological polar surface area (TPSA) is 66.0 Å². The summed E-state index contributed by atoms with van der Waals surface area (Å²) in [5.41, 5.74) is 0.906. The molecular formula is C19H23NO5. The molecule has 0 aliphatic carbocycles. The number of nitrogens with one attached hydrogen (secondary N) is 1. The monoisotopic (exact) mass is 345 g/mol. The molecule has 0 aromatic heterocycles. The van der Waals surface area contributed by atoms with Crippen LogP contribution in [0.2, 0.25) is 0 Å². The van der Waals surface area contributed by atoms with Crippen molar-refractivity contribution in [1.29, 1.82) is 0 Å². The van der Waals surface area contributed by atoms with E-state index in [1.54, 1.807) is 33.5 Å². The van der Waals surface area contributed by atoms with Gasteiger partial charge in [0, 0.05) is 0 Å². The van der Waals surface area contributed by atoms with Crippen LogP contribution in [0.3, 0.4) is 0 Å². The van der Waals surface area contributed by atoms with E-state index in [4.69, 9.17) is 18.9 Å². The largest absolute Gasteiger partial charge is 0.493 e. The standard InChI is InChI=1S/C19H23NO5/c1-13(14-9-10-16(23-3)18(11-14)24-4)20-19(21)12-25-17-8-6-5-7-15(17)22-2/h5-11,13H,12H2,1-4H3,(H,20,21)/t13-/m1/s1. The van der Waals surface area contributed by atoms with Crippen LogP contribution in [0.1, 0.15) is 18.5 Å². The molecule has 0 radical (unpaired) electrons. The van der Waals surface area contributed by atoms with Gasteiger partial charge in [-0.1, -0.05) is 18.2 Å². The number of benzene rings is 2. The van der Waals surface area contributed by atoms with Crippen LogP contribution in [-0.4, -0.2) is 33.8 Å². The lowest BCUT2D eigenvalue weighted by Crippen LogP contribution is -2.31. The predicted molar refractivity (Wildman–Crippen MR) is 94.6 cm³/mol. The molecule has 2 aromatic rings. The Kier molecular flexibility index (Phi) is 6.51. The SMILES string of the molecule is COc1ccc([C@@H](C)NC(=O)COc2ccccc2OC)cc1OC. The molecule has 1 N–H and O–H groups in total. The second-order valence-corrected chi connectivity index (χ2v) is 5.34. The van der Waals surface area contributed by atoms with Gasteiger partial charge in [-0.05, 0) is 36.8 Å². The van der Waals surface area contributed by atoms with Crippen LogP contribution in [0.4, 0.5) is 0 Å². The average molecular weight is 345 g/mol. The fraction of sp³-hybridized carbons (Fsp3) is 0.316. The lowest BCUT2D eigenvalue weighted by atomic mass is 10.1. The number of hydrogen-bond acceptors (Lipinski definition) is 5. The predicted octanol–water partition coefficient (Wildman–Crippen LogP) is 2.97. The highest BCUT2D eigenvalue weighted by atomic mass is 16.5. The van der Waals surface area contributed by atoms with Gasteiger partial charge in [0.2, 0.25) is 0 Å². The van der Waals surface area contributed by atoms with E-state index in [0.717, 1.165) is 5.56 Å². The van der Waals surface area contributed by atoms with Crippen LogP contribution >= 0.6 is 0 Å². The lowest BCUT2D eigenvalue weighted by molar-refractivity contribution is -0.123. The van der Waals surface area contributed by atoms with Crippen molar-refractivity contribution in [2.75, 3.05) is 27.9 Å². The summed E-state index contributed by atoms with van der Waals surface area (Å²) in [6.45, 7) is 1.79. The van der Waals surface area contributed by atoms with Crippen LogP contribution < -0.4 is 24.3 Å². The van der Waals surface area contributed by atoms with E-state index in [2.05, 4.69) is 5.32 Å². The first-order valence-electron chi connectivity index (χ1n) is 7.86. The Morgan fingerprint density at radius 2 is 1.52 bits per heavy atom. The summed E-state index contributed by atoms with van der Waals surface area (Å²) in [6, 6.07) is 12.5. The Labute approximate surface area is 147 Å². The molecule has 1 atom stereocenters. The van der Waals surface area contributed by atoms with Gasteiger partial charge in [-0.25, -0.2) is 0 Å². The van der Waals surface area contributed by atoms with Gasteiger partial charge in [0.05, 0.1) is 27.4 Å². The van der Waals surface area contributed by atoms with Crippen LogP contribution in [0.5, 0.6) is 23.0 Å². The Bertz CT molecular complexity index is 717. The molecule has 0 bridgehead atoms. The third-order valence-corrected chi connectivity index (χ3v) is 3.71. The molecule has 0 unspecified atom stereocenters. The summed E-state index contributed by atoms with van der Waals surface area (Å²) in [4.78, 5) is 12.1. The molecule has 0 saturated carbocycles. The highest BCUT2D eigenvalue weighted by Gasteiger charge is 2.14. The quantitative estimate of drug-likeness (QED) is 0.797. The van der Waals surface area contributed by atoms with Gasteiger partial charge in [-0.15, -0.1) is 0 Å². The van der Waals surface area contributed by atoms with Gasteiger partial charge in [-0.3, -0.25) is 4.79 Å². The molecule has 0 saturated heterocycles. The molecule has 0 fully saturated rings. The van der Waals surface area contributed by atoms with Crippen molar-refractivity contribution in [3.8, 4) is 23.0 Å². The number of methoxy groups -OCH3 is 3. The lowest BCUT2D eigenvalue weighted by Gasteiger charge is -2.17. The third kappa shape index (κ3) is 4.79. The van der Waals surface area contributed by atoms with Gasteiger partial charge >= 0.3 is 0 Å². The molecular weight excluding hydrogens is 322 g/mol. The fourth-order valence-electron chi connectivity index (χ4n) is 2.37. The van der Waals surface area contributed by atoms with Crippen molar-refractivity contribution in [2.45, 2.75) is 13.0 Å². The maximum Gasteiger partial charge on any atom is 0.258 e. The van der Waals surface area contributed by atoms with Crippen molar-refractivity contribution in [1.82, 2.24) is 5.32 Å². The molecule has 6 heteroatoms. The number of para-hydroxylation sites is 2. The minimum atomic E-state index is -0.229. The first-order valence-corrected chi connectivity index (χ1v) is 7.86. The molecule has 0 spiro atoms. The van der Waals surface area contributed by atoms with Crippen molar-refractivity contribution in [3.63, 3.8) is 0 Å². The summed E-state index contributed by atoms with van der Waals surface area (Å²) < 4.78 is 21.2. The van der Waals surface area contributed by atoms with Gasteiger partial charge in [0.25, 0.3) is 5.91 Å². The van der Waals surface area contributed by atoms with Gasteiger partial charge < -0.3 is 24.3 Å². The van der Waals surface area contributed by atoms with Gasteiger partial charge in [-0.2, -0.15) is 0 Å². The van der Waals surface area contributed by atoms with E-state index in [0.29, 0.717) is 23.0 Å². The van der Waals surface area contributed by atoms with Crippen LogP contribution in [0.15, 0.2) is 42.5 Å². The third-order valence-electron chi connectivity index (χ3n) is 3.71. The van der Waals surface area contributed by atoms with Crippen LogP contribution in [0, 0.1) is 0 Å². The second-order valence-electron chi connectivity index (χ2n) is 5.34. The molecule has 2 aromatic carbocycles. The number of hydrogen-bond donors (Lipinski definition) is 1. The number of ether oxygens (including phenoxy) is 4. The maximum absolute atomic E-state index is 12.1. The van der Waals surface area contributed by atoms with E-state index in [1.165, 1.54) is 0 Å². The Morgan fingerprint density at radius 1 is 0.920 bits per heavy atom. The van der Waals surface area contributed by atoms with E-state index >= 15 is 0 Å². The van der Waals surface area contributed by atoms with Crippen LogP contribution in [0.25, 0.3) is 0 Å². The Balaban J connectivity index is 1.96. The molecule has 0 heterocycles. The fourth-order valence-corrected chi connectivity index (χ4v) is 2.37. The number of rotatable bonds is 8. The highest BCUT2D eigenvalue weighted by molar-refractivity contribution is 5.78. The van der Waals surface area contributed by atoms with Crippen molar-refractivity contribution in [3.05, 3.63) is 48.0 Å². The van der Waals surface area contributed by atoms with E-state index < -0.39 is 0 Å². The minimum Gasteiger partial charge on any atom is -0.493 e.